The number of aryl methyl sites for hydroxylation is 1. The number of benzene rings is 1. The summed E-state index contributed by atoms with van der Waals surface area (Å²) in [6.07, 6.45) is 12.8. The molecule has 0 radical (unpaired) electrons. The topological polar surface area (TPSA) is 48.4 Å². The number of aromatic nitrogens is 1. The Kier molecular flexibility index (Phi) is 11.7. The first-order valence-corrected chi connectivity index (χ1v) is 12.1. The molecule has 0 aliphatic rings. The lowest BCUT2D eigenvalue weighted by atomic mass is 10.0. The maximum absolute atomic E-state index is 12.6. The molecule has 2 aromatic rings. The van der Waals surface area contributed by atoms with Gasteiger partial charge in [-0.1, -0.05) is 83.6 Å². The Labute approximate surface area is 188 Å². The van der Waals surface area contributed by atoms with Crippen molar-refractivity contribution in [1.29, 1.82) is 0 Å². The summed E-state index contributed by atoms with van der Waals surface area (Å²) in [5.41, 5.74) is 2.82. The largest absolute Gasteiger partial charge is 0.478 e. The maximum Gasteiger partial charge on any atom is 0.340 e. The van der Waals surface area contributed by atoms with Gasteiger partial charge in [-0.15, -0.1) is 0 Å². The van der Waals surface area contributed by atoms with Crippen molar-refractivity contribution in [1.82, 2.24) is 4.98 Å². The summed E-state index contributed by atoms with van der Waals surface area (Å²) in [5.74, 6) is 0.204. The number of carbonyl (C=O) groups excluding carboxylic acids is 1. The Hall–Kier alpha value is -2.36. The smallest absolute Gasteiger partial charge is 0.340 e. The molecule has 4 heteroatoms. The number of hydrogen-bond acceptors (Lipinski definition) is 4. The third-order valence-electron chi connectivity index (χ3n) is 5.51. The first-order chi connectivity index (χ1) is 15.2. The van der Waals surface area contributed by atoms with Gasteiger partial charge in [-0.25, -0.2) is 9.78 Å². The third kappa shape index (κ3) is 9.12. The van der Waals surface area contributed by atoms with Crippen LogP contribution < -0.4 is 4.74 Å². The Bertz CT molecular complexity index is 740. The van der Waals surface area contributed by atoms with Crippen LogP contribution in [0, 0.1) is 0 Å². The Morgan fingerprint density at radius 2 is 1.58 bits per heavy atom. The maximum atomic E-state index is 12.6. The number of nitrogens with zero attached hydrogens (tertiary/aromatic N) is 1. The molecule has 1 heterocycles. The van der Waals surface area contributed by atoms with E-state index in [1.54, 1.807) is 12.1 Å². The van der Waals surface area contributed by atoms with Crippen molar-refractivity contribution in [3.05, 3.63) is 59.3 Å². The van der Waals surface area contributed by atoms with Crippen LogP contribution in [0.3, 0.4) is 0 Å². The third-order valence-corrected chi connectivity index (χ3v) is 5.51. The van der Waals surface area contributed by atoms with Gasteiger partial charge in [0.25, 0.3) is 0 Å². The second-order valence-corrected chi connectivity index (χ2v) is 8.15. The number of pyridine rings is 1. The summed E-state index contributed by atoms with van der Waals surface area (Å²) in [6, 6.07) is 11.9. The van der Waals surface area contributed by atoms with E-state index in [9.17, 15) is 4.79 Å². The van der Waals surface area contributed by atoms with Crippen LogP contribution in [0.2, 0.25) is 0 Å². The fourth-order valence-electron chi connectivity index (χ4n) is 3.53. The highest BCUT2D eigenvalue weighted by molar-refractivity contribution is 5.89. The lowest BCUT2D eigenvalue weighted by Gasteiger charge is -2.17. The van der Waals surface area contributed by atoms with E-state index in [1.165, 1.54) is 56.7 Å². The number of rotatable bonds is 15. The molecule has 4 nitrogen and oxygen atoms in total. The van der Waals surface area contributed by atoms with E-state index in [-0.39, 0.29) is 12.1 Å². The minimum absolute atomic E-state index is 0.253. The molecule has 31 heavy (non-hydrogen) atoms. The molecular formula is C27H39NO3. The highest BCUT2D eigenvalue weighted by atomic mass is 16.5. The standard InChI is InChI=1S/C27H39NO3/c1-4-7-9-10-12-20-30-26-19-18-24(21-28-26)27(29)31-25(6-3)23-16-14-22(15-17-23)13-11-8-5-2/h14-19,21,25H,4-13,20H2,1-3H3. The molecular weight excluding hydrogens is 386 g/mol. The number of ether oxygens (including phenoxy) is 2. The molecule has 1 aromatic carbocycles. The van der Waals surface area contributed by atoms with E-state index in [0.29, 0.717) is 18.1 Å². The van der Waals surface area contributed by atoms with Gasteiger partial charge < -0.3 is 9.47 Å². The first kappa shape index (κ1) is 24.9. The van der Waals surface area contributed by atoms with Crippen molar-refractivity contribution in [2.45, 2.75) is 91.1 Å². The molecule has 0 saturated heterocycles. The number of carbonyl (C=O) groups is 1. The van der Waals surface area contributed by atoms with Crippen molar-refractivity contribution in [2.24, 2.45) is 0 Å². The van der Waals surface area contributed by atoms with Crippen LogP contribution in [0.1, 0.15) is 106 Å². The summed E-state index contributed by atoms with van der Waals surface area (Å²) in [7, 11) is 0. The summed E-state index contributed by atoms with van der Waals surface area (Å²) in [4.78, 5) is 16.9. The molecule has 0 saturated carbocycles. The zero-order chi connectivity index (χ0) is 22.3. The molecule has 1 unspecified atom stereocenters. The van der Waals surface area contributed by atoms with E-state index < -0.39 is 0 Å². The van der Waals surface area contributed by atoms with Crippen LogP contribution in [0.4, 0.5) is 0 Å². The fourth-order valence-corrected chi connectivity index (χ4v) is 3.53. The zero-order valence-corrected chi connectivity index (χ0v) is 19.6. The SMILES string of the molecule is CCCCCCCOc1ccc(C(=O)OC(CC)c2ccc(CCCCC)cc2)cn1. The highest BCUT2D eigenvalue weighted by Gasteiger charge is 2.17. The van der Waals surface area contributed by atoms with Gasteiger partial charge in [0.15, 0.2) is 0 Å². The van der Waals surface area contributed by atoms with E-state index in [2.05, 4.69) is 43.1 Å². The van der Waals surface area contributed by atoms with Gasteiger partial charge in [-0.05, 0) is 42.9 Å². The molecule has 170 valence electrons. The molecule has 0 amide bonds. The van der Waals surface area contributed by atoms with Crippen LogP contribution >= 0.6 is 0 Å². The van der Waals surface area contributed by atoms with Crippen LogP contribution in [0.5, 0.6) is 5.88 Å². The average Bonchev–Trinajstić information content (AvgIpc) is 2.81. The zero-order valence-electron chi connectivity index (χ0n) is 19.6. The Morgan fingerprint density at radius 1 is 0.871 bits per heavy atom. The van der Waals surface area contributed by atoms with Gasteiger partial charge in [0.05, 0.1) is 12.2 Å². The number of hydrogen-bond donors (Lipinski definition) is 0. The minimum atomic E-state index is -0.350. The lowest BCUT2D eigenvalue weighted by molar-refractivity contribution is 0.0287. The summed E-state index contributed by atoms with van der Waals surface area (Å²) in [5, 5.41) is 0. The molecule has 1 atom stereocenters. The number of unbranched alkanes of at least 4 members (excludes halogenated alkanes) is 6. The van der Waals surface area contributed by atoms with Crippen molar-refractivity contribution in [3.8, 4) is 5.88 Å². The predicted octanol–water partition coefficient (Wildman–Crippen LogP) is 7.47. The number of esters is 1. The lowest BCUT2D eigenvalue weighted by Crippen LogP contribution is -2.12. The van der Waals surface area contributed by atoms with E-state index >= 15 is 0 Å². The molecule has 0 bridgehead atoms. The van der Waals surface area contributed by atoms with Gasteiger partial charge in [-0.2, -0.15) is 0 Å². The molecule has 0 aliphatic carbocycles. The molecule has 0 aliphatic heterocycles. The van der Waals surface area contributed by atoms with Crippen LogP contribution in [0.15, 0.2) is 42.6 Å². The van der Waals surface area contributed by atoms with Crippen molar-refractivity contribution in [3.63, 3.8) is 0 Å². The Morgan fingerprint density at radius 3 is 2.23 bits per heavy atom. The van der Waals surface area contributed by atoms with Crippen LogP contribution in [0.25, 0.3) is 0 Å². The van der Waals surface area contributed by atoms with E-state index in [4.69, 9.17) is 9.47 Å². The average molecular weight is 426 g/mol. The van der Waals surface area contributed by atoms with Crippen molar-refractivity contribution >= 4 is 5.97 Å². The summed E-state index contributed by atoms with van der Waals surface area (Å²) >= 11 is 0. The normalized spacial score (nSPS) is 11.8. The monoisotopic (exact) mass is 425 g/mol. The van der Waals surface area contributed by atoms with Gasteiger partial charge in [0.1, 0.15) is 6.10 Å². The van der Waals surface area contributed by atoms with Crippen molar-refractivity contribution < 1.29 is 14.3 Å². The van der Waals surface area contributed by atoms with Crippen molar-refractivity contribution in [2.75, 3.05) is 6.61 Å². The summed E-state index contributed by atoms with van der Waals surface area (Å²) < 4.78 is 11.4. The van der Waals surface area contributed by atoms with E-state index in [1.807, 2.05) is 6.92 Å². The molecule has 2 rings (SSSR count). The highest BCUT2D eigenvalue weighted by Crippen LogP contribution is 2.24. The second-order valence-electron chi connectivity index (χ2n) is 8.15. The van der Waals surface area contributed by atoms with Gasteiger partial charge in [0.2, 0.25) is 5.88 Å². The first-order valence-electron chi connectivity index (χ1n) is 12.1. The minimum Gasteiger partial charge on any atom is -0.478 e. The van der Waals surface area contributed by atoms with Crippen LogP contribution in [-0.4, -0.2) is 17.6 Å². The molecule has 0 spiro atoms. The van der Waals surface area contributed by atoms with Gasteiger partial charge in [-0.3, -0.25) is 0 Å². The Balaban J connectivity index is 1.83. The predicted molar refractivity (Wildman–Crippen MR) is 127 cm³/mol. The van der Waals surface area contributed by atoms with Crippen LogP contribution in [-0.2, 0) is 11.2 Å². The van der Waals surface area contributed by atoms with E-state index in [0.717, 1.165) is 24.8 Å². The second kappa shape index (κ2) is 14.6. The van der Waals surface area contributed by atoms with Gasteiger partial charge in [0, 0.05) is 12.3 Å². The quantitative estimate of drug-likeness (QED) is 0.219. The molecule has 0 fully saturated rings. The molecule has 0 N–H and O–H groups in total. The summed E-state index contributed by atoms with van der Waals surface area (Å²) in [6.45, 7) is 7.12. The molecule has 1 aromatic heterocycles. The van der Waals surface area contributed by atoms with Gasteiger partial charge >= 0.3 is 5.97 Å². The fraction of sp³-hybridized carbons (Fsp3) is 0.556.